The summed E-state index contributed by atoms with van der Waals surface area (Å²) in [6, 6.07) is 10.8. The molecule has 0 aliphatic carbocycles. The maximum absolute atomic E-state index is 12.3. The van der Waals surface area contributed by atoms with Crippen molar-refractivity contribution in [3.8, 4) is 11.3 Å². The molecule has 3 N–H and O–H groups in total. The Kier molecular flexibility index (Phi) is 5.24. The molecule has 0 unspecified atom stereocenters. The topological polar surface area (TPSA) is 126 Å². The number of carbonyl (C=O) groups excluding carboxylic acids is 2. The third-order valence-electron chi connectivity index (χ3n) is 4.62. The van der Waals surface area contributed by atoms with Crippen LogP contribution in [0.1, 0.15) is 33.0 Å². The van der Waals surface area contributed by atoms with Gasteiger partial charge in [0.15, 0.2) is 5.82 Å². The second-order valence-electron chi connectivity index (χ2n) is 8.17. The van der Waals surface area contributed by atoms with Gasteiger partial charge in [-0.1, -0.05) is 25.9 Å². The van der Waals surface area contributed by atoms with E-state index < -0.39 is 11.8 Å². The first-order valence-corrected chi connectivity index (χ1v) is 9.75. The van der Waals surface area contributed by atoms with Crippen molar-refractivity contribution in [3.05, 3.63) is 54.6 Å². The van der Waals surface area contributed by atoms with Gasteiger partial charge in [0.2, 0.25) is 11.8 Å². The standard InChI is InChI=1S/C22H22N6O3/c1-22(2,3)17-10-18(28-31-17)25-20(30)11-19(29)24-14-6-7-15-16(9-14)26-27-21(15)13-5-4-8-23-12-13/h4-10,12H,11H2,1-3H3,(H,24,29)(H,26,27)(H,25,28,30). The molecule has 31 heavy (non-hydrogen) atoms. The molecule has 0 aliphatic heterocycles. The van der Waals surface area contributed by atoms with Crippen molar-refractivity contribution in [3.63, 3.8) is 0 Å². The maximum atomic E-state index is 12.3. The Morgan fingerprint density at radius 2 is 1.90 bits per heavy atom. The zero-order valence-electron chi connectivity index (χ0n) is 17.4. The van der Waals surface area contributed by atoms with Gasteiger partial charge in [-0.25, -0.2) is 0 Å². The summed E-state index contributed by atoms with van der Waals surface area (Å²) in [6.07, 6.45) is 3.09. The van der Waals surface area contributed by atoms with Crippen LogP contribution in [-0.2, 0) is 15.0 Å². The molecule has 3 heterocycles. The molecule has 1 aromatic carbocycles. The average molecular weight is 418 g/mol. The Morgan fingerprint density at radius 1 is 1.10 bits per heavy atom. The molecule has 9 nitrogen and oxygen atoms in total. The summed E-state index contributed by atoms with van der Waals surface area (Å²) in [5, 5.41) is 17.3. The van der Waals surface area contributed by atoms with Crippen LogP contribution in [0.5, 0.6) is 0 Å². The molecule has 0 atom stereocenters. The van der Waals surface area contributed by atoms with Gasteiger partial charge in [-0.15, -0.1) is 0 Å². The van der Waals surface area contributed by atoms with Gasteiger partial charge in [0.05, 0.1) is 5.52 Å². The molecular weight excluding hydrogens is 396 g/mol. The number of nitrogens with one attached hydrogen (secondary N) is 3. The SMILES string of the molecule is CC(C)(C)c1cc(NC(=O)CC(=O)Nc2ccc3c(-c4cccnc4)n[nH]c3c2)no1. The second-order valence-corrected chi connectivity index (χ2v) is 8.17. The highest BCUT2D eigenvalue weighted by molar-refractivity contribution is 6.08. The van der Waals surface area contributed by atoms with Crippen LogP contribution in [0, 0.1) is 0 Å². The number of amides is 2. The van der Waals surface area contributed by atoms with E-state index in [0.717, 1.165) is 22.2 Å². The van der Waals surface area contributed by atoms with E-state index in [0.29, 0.717) is 11.4 Å². The molecule has 2 amide bonds. The Balaban J connectivity index is 1.39. The summed E-state index contributed by atoms with van der Waals surface area (Å²) in [6.45, 7) is 5.92. The van der Waals surface area contributed by atoms with Crippen LogP contribution < -0.4 is 10.6 Å². The van der Waals surface area contributed by atoms with E-state index in [9.17, 15) is 9.59 Å². The first kappa shape index (κ1) is 20.3. The van der Waals surface area contributed by atoms with Crippen LogP contribution in [-0.4, -0.2) is 32.2 Å². The van der Waals surface area contributed by atoms with E-state index in [2.05, 4.69) is 31.0 Å². The molecule has 3 aromatic heterocycles. The number of nitrogens with zero attached hydrogens (tertiary/aromatic N) is 3. The van der Waals surface area contributed by atoms with Gasteiger partial charge in [0.1, 0.15) is 17.9 Å². The number of rotatable bonds is 5. The summed E-state index contributed by atoms with van der Waals surface area (Å²) >= 11 is 0. The summed E-state index contributed by atoms with van der Waals surface area (Å²) in [7, 11) is 0. The van der Waals surface area contributed by atoms with E-state index in [1.807, 2.05) is 39.0 Å². The van der Waals surface area contributed by atoms with E-state index in [4.69, 9.17) is 4.52 Å². The van der Waals surface area contributed by atoms with Gasteiger partial charge in [-0.05, 0) is 30.3 Å². The molecule has 4 rings (SSSR count). The Morgan fingerprint density at radius 3 is 2.61 bits per heavy atom. The Labute approximate surface area is 178 Å². The van der Waals surface area contributed by atoms with E-state index in [-0.39, 0.29) is 17.7 Å². The minimum atomic E-state index is -0.479. The number of fused-ring (bicyclic) bond motifs is 1. The zero-order valence-corrected chi connectivity index (χ0v) is 17.4. The third-order valence-corrected chi connectivity index (χ3v) is 4.62. The van der Waals surface area contributed by atoms with Gasteiger partial charge in [-0.2, -0.15) is 5.10 Å². The van der Waals surface area contributed by atoms with Crippen molar-refractivity contribution in [2.75, 3.05) is 10.6 Å². The van der Waals surface area contributed by atoms with Crippen LogP contribution in [0.25, 0.3) is 22.2 Å². The van der Waals surface area contributed by atoms with Crippen molar-refractivity contribution < 1.29 is 14.1 Å². The fourth-order valence-electron chi connectivity index (χ4n) is 3.05. The fourth-order valence-corrected chi connectivity index (χ4v) is 3.05. The number of pyridine rings is 1. The lowest BCUT2D eigenvalue weighted by atomic mass is 9.93. The minimum Gasteiger partial charge on any atom is -0.359 e. The maximum Gasteiger partial charge on any atom is 0.235 e. The largest absolute Gasteiger partial charge is 0.359 e. The molecule has 0 radical (unpaired) electrons. The van der Waals surface area contributed by atoms with Crippen LogP contribution in [0.3, 0.4) is 0 Å². The predicted octanol–water partition coefficient (Wildman–Crippen LogP) is 3.88. The van der Waals surface area contributed by atoms with E-state index in [1.54, 1.807) is 30.6 Å². The van der Waals surface area contributed by atoms with Crippen LogP contribution in [0.15, 0.2) is 53.3 Å². The Hall–Kier alpha value is -4.01. The predicted molar refractivity (Wildman–Crippen MR) is 116 cm³/mol. The van der Waals surface area contributed by atoms with Crippen molar-refractivity contribution >= 4 is 34.2 Å². The number of carbonyl (C=O) groups is 2. The number of aromatic nitrogens is 4. The van der Waals surface area contributed by atoms with Crippen molar-refractivity contribution in [1.82, 2.24) is 20.3 Å². The number of hydrogen-bond donors (Lipinski definition) is 3. The second kappa shape index (κ2) is 8.02. The lowest BCUT2D eigenvalue weighted by Gasteiger charge is -2.12. The highest BCUT2D eigenvalue weighted by Crippen LogP contribution is 2.27. The average Bonchev–Trinajstić information content (AvgIpc) is 3.35. The molecule has 0 bridgehead atoms. The normalized spacial score (nSPS) is 11.5. The van der Waals surface area contributed by atoms with Crippen LogP contribution >= 0.6 is 0 Å². The van der Waals surface area contributed by atoms with Gasteiger partial charge in [0, 0.05) is 40.5 Å². The number of hydrogen-bond acceptors (Lipinski definition) is 6. The van der Waals surface area contributed by atoms with Gasteiger partial charge in [0.25, 0.3) is 0 Å². The highest BCUT2D eigenvalue weighted by atomic mass is 16.5. The van der Waals surface area contributed by atoms with Crippen LogP contribution in [0.4, 0.5) is 11.5 Å². The number of aromatic amines is 1. The van der Waals surface area contributed by atoms with Gasteiger partial charge in [-0.3, -0.25) is 19.7 Å². The first-order chi connectivity index (χ1) is 14.8. The van der Waals surface area contributed by atoms with Crippen molar-refractivity contribution in [2.24, 2.45) is 0 Å². The Bertz CT molecular complexity index is 1240. The number of benzene rings is 1. The summed E-state index contributed by atoms with van der Waals surface area (Å²) in [5.74, 6) is 0.00595. The molecule has 158 valence electrons. The molecule has 4 aromatic rings. The fraction of sp³-hybridized carbons (Fsp3) is 0.227. The molecular formula is C22H22N6O3. The molecule has 0 fully saturated rings. The summed E-state index contributed by atoms with van der Waals surface area (Å²) in [4.78, 5) is 28.6. The number of anilines is 2. The first-order valence-electron chi connectivity index (χ1n) is 9.75. The van der Waals surface area contributed by atoms with E-state index >= 15 is 0 Å². The zero-order chi connectivity index (χ0) is 22.0. The quantitative estimate of drug-likeness (QED) is 0.422. The monoisotopic (exact) mass is 418 g/mol. The lowest BCUT2D eigenvalue weighted by molar-refractivity contribution is -0.123. The molecule has 9 heteroatoms. The molecule has 0 saturated heterocycles. The van der Waals surface area contributed by atoms with Gasteiger partial charge < -0.3 is 15.2 Å². The molecule has 0 saturated carbocycles. The van der Waals surface area contributed by atoms with Crippen LogP contribution in [0.2, 0.25) is 0 Å². The minimum absolute atomic E-state index is 0.227. The summed E-state index contributed by atoms with van der Waals surface area (Å²) in [5.41, 5.74) is 2.77. The number of H-pyrrole nitrogens is 1. The molecule has 0 spiro atoms. The smallest absolute Gasteiger partial charge is 0.235 e. The van der Waals surface area contributed by atoms with Crippen molar-refractivity contribution in [1.29, 1.82) is 0 Å². The molecule has 0 aliphatic rings. The van der Waals surface area contributed by atoms with E-state index in [1.165, 1.54) is 0 Å². The lowest BCUT2D eigenvalue weighted by Crippen LogP contribution is -2.21. The van der Waals surface area contributed by atoms with Gasteiger partial charge >= 0.3 is 0 Å². The highest BCUT2D eigenvalue weighted by Gasteiger charge is 2.21. The van der Waals surface area contributed by atoms with Crippen molar-refractivity contribution in [2.45, 2.75) is 32.6 Å². The third kappa shape index (κ3) is 4.61. The summed E-state index contributed by atoms with van der Waals surface area (Å²) < 4.78 is 5.23.